The van der Waals surface area contributed by atoms with Crippen molar-refractivity contribution in [2.75, 3.05) is 65.6 Å². The summed E-state index contributed by atoms with van der Waals surface area (Å²) in [7, 11) is -7.36. The first-order valence-corrected chi connectivity index (χ1v) is 31.7. The summed E-state index contributed by atoms with van der Waals surface area (Å²) >= 11 is 0. The maximum atomic E-state index is 16.1. The van der Waals surface area contributed by atoms with Gasteiger partial charge in [-0.05, 0) is 79.7 Å². The Labute approximate surface area is 512 Å². The number of anilines is 1. The molecule has 0 spiro atoms. The molecule has 7 rings (SSSR count). The zero-order valence-electron chi connectivity index (χ0n) is 51.3. The number of nitrogens with zero attached hydrogens (tertiary/aromatic N) is 8. The van der Waals surface area contributed by atoms with Crippen molar-refractivity contribution in [3.63, 3.8) is 0 Å². The van der Waals surface area contributed by atoms with Gasteiger partial charge in [0.25, 0.3) is 0 Å². The van der Waals surface area contributed by atoms with E-state index in [1.807, 2.05) is 19.9 Å². The number of nitrogen functional groups attached to an aromatic ring is 1. The molecule has 6 heterocycles. The number of benzene rings is 1. The van der Waals surface area contributed by atoms with Gasteiger partial charge in [0.15, 0.2) is 53.7 Å². The molecule has 2 aliphatic rings. The fourth-order valence-corrected chi connectivity index (χ4v) is 11.7. The van der Waals surface area contributed by atoms with Gasteiger partial charge in [-0.1, -0.05) is 44.2 Å². The average molecular weight is 1300 g/mol. The summed E-state index contributed by atoms with van der Waals surface area (Å²) in [6.07, 6.45) is -5.89. The Hall–Kier alpha value is -6.45. The predicted octanol–water partition coefficient (Wildman–Crippen LogP) is 4.42. The molecule has 0 aliphatic carbocycles. The van der Waals surface area contributed by atoms with E-state index in [2.05, 4.69) is 40.1 Å². The molecule has 5 unspecified atom stereocenters. The Morgan fingerprint density at radius 2 is 1.35 bits per heavy atom. The number of halogens is 1. The van der Waals surface area contributed by atoms with Crippen LogP contribution in [0.3, 0.4) is 0 Å². The van der Waals surface area contributed by atoms with Gasteiger partial charge in [-0.15, -0.1) is 0 Å². The van der Waals surface area contributed by atoms with Crippen LogP contribution in [0, 0.1) is 12.8 Å². The van der Waals surface area contributed by atoms with Gasteiger partial charge in [-0.25, -0.2) is 48.2 Å². The molecule has 4 aromatic heterocycles. The summed E-state index contributed by atoms with van der Waals surface area (Å²) in [5.41, 5.74) is 3.15. The SMILES string of the molecule is CCOC(=O)C(CCC(C)C)NP(=O)(OCC(=O)OC(C)C)OC[C@H]1O[C@@H](n2cnc3c(OCC)nc(N)nc32)[C@@](C)(F)C1O.CCOC(=O)CCNP(=O)(OCC(=O)OCc1ccccc1)OC[C@H]1O[C@@H](n2cnc3c(OC)nc(C)nc32)[C@@](C)(O)C1O. The number of nitrogens with one attached hydrogen (secondary N) is 2. The number of methoxy groups -OCH3 is 1. The Morgan fingerprint density at radius 1 is 0.753 bits per heavy atom. The maximum absolute atomic E-state index is 16.1. The highest BCUT2D eigenvalue weighted by atomic mass is 31.2. The second-order valence-corrected chi connectivity index (χ2v) is 24.9. The molecule has 2 fully saturated rings. The van der Waals surface area contributed by atoms with Crippen LogP contribution in [0.25, 0.3) is 22.3 Å². The van der Waals surface area contributed by atoms with Gasteiger partial charge in [0.1, 0.15) is 48.5 Å². The number of aliphatic hydroxyl groups is 3. The normalized spacial score (nSPS) is 23.3. The molecule has 0 amide bonds. The molecule has 0 radical (unpaired) electrons. The highest BCUT2D eigenvalue weighted by molar-refractivity contribution is 7.52. The molecule has 35 heteroatoms. The number of alkyl halides is 1. The summed E-state index contributed by atoms with van der Waals surface area (Å²) in [4.78, 5) is 74.3. The molecule has 2 aliphatic heterocycles. The monoisotopic (exact) mass is 1300 g/mol. The summed E-state index contributed by atoms with van der Waals surface area (Å²) in [5, 5.41) is 38.3. The fourth-order valence-electron chi connectivity index (χ4n) is 8.98. The molecule has 1 aromatic carbocycles. The lowest BCUT2D eigenvalue weighted by molar-refractivity contribution is -0.150. The first kappa shape index (κ1) is 71.6. The number of carbonyl (C=O) groups is 4. The first-order valence-electron chi connectivity index (χ1n) is 28.6. The van der Waals surface area contributed by atoms with Crippen molar-refractivity contribution in [3.8, 4) is 11.8 Å². The van der Waals surface area contributed by atoms with Crippen molar-refractivity contribution in [1.82, 2.24) is 49.2 Å². The highest BCUT2D eigenvalue weighted by Gasteiger charge is 2.57. The topological polar surface area (TPSA) is 411 Å². The number of nitrogens with two attached hydrogens (primary N) is 1. The molecular weight excluding hydrogens is 1220 g/mol. The average Bonchev–Trinajstić information content (AvgIpc) is 1.62. The lowest BCUT2D eigenvalue weighted by Crippen LogP contribution is -2.44. The minimum absolute atomic E-state index is 0.0255. The maximum Gasteiger partial charge on any atom is 0.406 e. The minimum atomic E-state index is -4.51. The number of ether oxygens (including phenoxy) is 8. The zero-order valence-corrected chi connectivity index (χ0v) is 53.1. The van der Waals surface area contributed by atoms with Gasteiger partial charge in [0, 0.05) is 6.54 Å². The molecule has 7 N–H and O–H groups in total. The number of carbonyl (C=O) groups excluding carboxylic acids is 4. The quantitative estimate of drug-likeness (QED) is 0.0197. The molecule has 494 valence electrons. The van der Waals surface area contributed by atoms with Crippen LogP contribution in [-0.2, 0) is 81.4 Å². The Balaban J connectivity index is 0.000000284. The number of aliphatic hydroxyl groups excluding tert-OH is 2. The van der Waals surface area contributed by atoms with E-state index < -0.39 is 126 Å². The van der Waals surface area contributed by atoms with E-state index in [9.17, 15) is 43.6 Å². The fraction of sp³-hybridized carbons (Fsp3) is 0.630. The smallest absolute Gasteiger partial charge is 0.406 e. The summed E-state index contributed by atoms with van der Waals surface area (Å²) in [6.45, 7) is 13.8. The third-order valence-electron chi connectivity index (χ3n) is 13.3. The van der Waals surface area contributed by atoms with Gasteiger partial charge in [0.2, 0.25) is 17.7 Å². The molecule has 2 saturated heterocycles. The van der Waals surface area contributed by atoms with Crippen LogP contribution in [0.5, 0.6) is 11.8 Å². The third kappa shape index (κ3) is 19.1. The summed E-state index contributed by atoms with van der Waals surface area (Å²) < 4.78 is 111. The van der Waals surface area contributed by atoms with Crippen LogP contribution in [0.4, 0.5) is 10.3 Å². The van der Waals surface area contributed by atoms with Crippen molar-refractivity contribution in [3.05, 3.63) is 54.4 Å². The van der Waals surface area contributed by atoms with E-state index in [4.69, 9.17) is 61.7 Å². The van der Waals surface area contributed by atoms with E-state index in [0.717, 1.165) is 12.5 Å². The lowest BCUT2D eigenvalue weighted by Gasteiger charge is -2.27. The van der Waals surface area contributed by atoms with Gasteiger partial charge in [0.05, 0.1) is 65.3 Å². The number of rotatable bonds is 32. The van der Waals surface area contributed by atoms with Gasteiger partial charge in [-0.2, -0.15) is 15.0 Å². The molecule has 0 saturated carbocycles. The van der Waals surface area contributed by atoms with E-state index in [0.29, 0.717) is 17.8 Å². The second-order valence-electron chi connectivity index (χ2n) is 21.3. The Bertz CT molecular complexity index is 3270. The molecule has 89 heavy (non-hydrogen) atoms. The van der Waals surface area contributed by atoms with Crippen molar-refractivity contribution in [1.29, 1.82) is 0 Å². The summed E-state index contributed by atoms with van der Waals surface area (Å²) in [5.74, 6) is -2.18. The van der Waals surface area contributed by atoms with Crippen LogP contribution in [0.1, 0.15) is 105 Å². The van der Waals surface area contributed by atoms with Gasteiger partial charge < -0.3 is 58.9 Å². The van der Waals surface area contributed by atoms with E-state index >= 15 is 4.39 Å². The van der Waals surface area contributed by atoms with E-state index in [-0.39, 0.29) is 86.3 Å². The van der Waals surface area contributed by atoms with Crippen molar-refractivity contribution >= 4 is 67.6 Å². The predicted molar refractivity (Wildman–Crippen MR) is 311 cm³/mol. The van der Waals surface area contributed by atoms with E-state index in [1.54, 1.807) is 65.8 Å². The highest BCUT2D eigenvalue weighted by Crippen LogP contribution is 2.49. The second kappa shape index (κ2) is 32.0. The van der Waals surface area contributed by atoms with Crippen molar-refractivity contribution in [2.24, 2.45) is 5.92 Å². The zero-order chi connectivity index (χ0) is 65.4. The number of hydrogen-bond donors (Lipinski definition) is 6. The lowest BCUT2D eigenvalue weighted by atomic mass is 9.96. The van der Waals surface area contributed by atoms with Crippen LogP contribution in [0.2, 0.25) is 0 Å². The first-order chi connectivity index (χ1) is 42.1. The minimum Gasteiger partial charge on any atom is -0.479 e. The summed E-state index contributed by atoms with van der Waals surface area (Å²) in [6, 6.07) is 7.81. The molecular formula is C54H80FN11O21P2. The number of fused-ring (bicyclic) bond motifs is 2. The largest absolute Gasteiger partial charge is 0.479 e. The molecule has 11 atom stereocenters. The van der Waals surface area contributed by atoms with Crippen LogP contribution in [0.15, 0.2) is 43.0 Å². The van der Waals surface area contributed by atoms with E-state index in [1.165, 1.54) is 35.8 Å². The van der Waals surface area contributed by atoms with Crippen LogP contribution < -0.4 is 25.4 Å². The van der Waals surface area contributed by atoms with Crippen molar-refractivity contribution in [2.45, 2.75) is 155 Å². The van der Waals surface area contributed by atoms with Crippen LogP contribution in [-0.4, -0.2) is 186 Å². The van der Waals surface area contributed by atoms with Gasteiger partial charge >= 0.3 is 39.4 Å². The Morgan fingerprint density at radius 3 is 1.98 bits per heavy atom. The standard InChI is InChI=1S/C27H44FN6O10P.C27H36N5O11P/c1-8-39-23-20-22(31-26(29)32-23)34(14-30-20)25-27(7,28)21(36)18(44-25)12-41-45(38,42-13-19(35)43-16(5)6)33-17(11-10-15(3)4)24(37)40-9-2;1-5-39-20(33)11-12-29-44(37,42-15-21(34)40-13-18-9-7-6-8-10-18)41-14-19-23(35)27(3,36)26(43-19)32-16-28-22-24(32)30-17(2)31-25(22)38-4/h14-18,21,25,36H,8-13H2,1-7H3,(H,33,38)(H2,29,31,32);6-10,16,19,23,26,35-36H,5,11-15H2,1-4H3,(H,29,37)/t17?,18-,21?,25-,27+,45?;19-,23?,26-,27+,44?/m11/s1. The third-order valence-corrected chi connectivity index (χ3v) is 16.5. The number of imidazole rings is 2. The molecule has 32 nitrogen and oxygen atoms in total. The van der Waals surface area contributed by atoms with Gasteiger partial charge in [-0.3, -0.25) is 36.8 Å². The molecule has 5 aromatic rings. The van der Waals surface area contributed by atoms with Crippen LogP contribution >= 0.6 is 15.5 Å². The van der Waals surface area contributed by atoms with Crippen molar-refractivity contribution < 1.29 is 104 Å². The number of aryl methyl sites for hydroxylation is 1. The molecule has 0 bridgehead atoms. The number of esters is 4. The number of hydrogen-bond acceptors (Lipinski definition) is 28. The Kier molecular flexibility index (Phi) is 25.8. The number of aromatic nitrogens is 8.